The van der Waals surface area contributed by atoms with Crippen LogP contribution in [0.15, 0.2) is 66.0 Å². The molecule has 6 nitrogen and oxygen atoms in total. The van der Waals surface area contributed by atoms with Gasteiger partial charge in [0.25, 0.3) is 10.0 Å². The van der Waals surface area contributed by atoms with Crippen molar-refractivity contribution in [1.82, 2.24) is 9.97 Å². The zero-order valence-electron chi connectivity index (χ0n) is 15.5. The van der Waals surface area contributed by atoms with E-state index >= 15 is 0 Å². The van der Waals surface area contributed by atoms with Gasteiger partial charge in [0.15, 0.2) is 5.78 Å². The minimum absolute atomic E-state index is 0.0350. The van der Waals surface area contributed by atoms with Crippen LogP contribution < -0.4 is 4.31 Å². The number of hydrogen-bond acceptors (Lipinski definition) is 5. The normalized spacial score (nSPS) is 13.8. The Bertz CT molecular complexity index is 1150. The second-order valence-corrected chi connectivity index (χ2v) is 8.65. The van der Waals surface area contributed by atoms with Crippen LogP contribution in [0.25, 0.3) is 0 Å². The Morgan fingerprint density at radius 1 is 1.10 bits per heavy atom. The summed E-state index contributed by atoms with van der Waals surface area (Å²) in [6.07, 6.45) is 5.89. The Kier molecular flexibility index (Phi) is 5.10. The zero-order valence-corrected chi connectivity index (χ0v) is 16.3. The molecule has 1 aliphatic rings. The van der Waals surface area contributed by atoms with Crippen molar-refractivity contribution in [3.05, 3.63) is 83.7 Å². The first-order valence-electron chi connectivity index (χ1n) is 9.14. The number of sulfonamides is 1. The van der Waals surface area contributed by atoms with Crippen LogP contribution in [0.1, 0.15) is 28.0 Å². The number of halogens is 1. The van der Waals surface area contributed by atoms with E-state index in [2.05, 4.69) is 9.97 Å². The van der Waals surface area contributed by atoms with Crippen molar-refractivity contribution >= 4 is 21.5 Å². The second kappa shape index (κ2) is 7.71. The molecule has 0 amide bonds. The van der Waals surface area contributed by atoms with Crippen LogP contribution >= 0.6 is 0 Å². The lowest BCUT2D eigenvalue weighted by Crippen LogP contribution is -2.35. The lowest BCUT2D eigenvalue weighted by molar-refractivity contribution is 0.0988. The lowest BCUT2D eigenvalue weighted by Gasteiger charge is -2.31. The first-order chi connectivity index (χ1) is 13.9. The van der Waals surface area contributed by atoms with Crippen LogP contribution in [0.3, 0.4) is 0 Å². The van der Waals surface area contributed by atoms with E-state index < -0.39 is 15.8 Å². The molecule has 4 rings (SSSR count). The van der Waals surface area contributed by atoms with Crippen molar-refractivity contribution in [2.75, 3.05) is 10.8 Å². The summed E-state index contributed by atoms with van der Waals surface area (Å²) < 4.78 is 40.8. The van der Waals surface area contributed by atoms with Crippen molar-refractivity contribution in [3.63, 3.8) is 0 Å². The van der Waals surface area contributed by atoms with Gasteiger partial charge in [0.05, 0.1) is 16.8 Å². The van der Waals surface area contributed by atoms with Crippen LogP contribution in [0.2, 0.25) is 0 Å². The molecule has 1 aliphatic heterocycles. The third kappa shape index (κ3) is 3.88. The Balaban J connectivity index is 1.67. The summed E-state index contributed by atoms with van der Waals surface area (Å²) in [6, 6.07) is 10.2. The van der Waals surface area contributed by atoms with Gasteiger partial charge in [0.2, 0.25) is 0 Å². The fraction of sp³-hybridized carbons (Fsp3) is 0.190. The zero-order chi connectivity index (χ0) is 20.4. The van der Waals surface area contributed by atoms with E-state index in [1.807, 2.05) is 12.1 Å². The molecule has 0 fully saturated rings. The highest BCUT2D eigenvalue weighted by Gasteiger charge is 2.29. The number of benzene rings is 2. The Morgan fingerprint density at radius 2 is 1.90 bits per heavy atom. The van der Waals surface area contributed by atoms with Gasteiger partial charge >= 0.3 is 0 Å². The lowest BCUT2D eigenvalue weighted by atomic mass is 9.99. The molecule has 148 valence electrons. The van der Waals surface area contributed by atoms with Gasteiger partial charge in [-0.05, 0) is 54.3 Å². The molecule has 0 saturated carbocycles. The minimum atomic E-state index is -3.83. The number of carbonyl (C=O) groups is 1. The molecule has 29 heavy (non-hydrogen) atoms. The predicted octanol–water partition coefficient (Wildman–Crippen LogP) is 3.18. The molecule has 3 aromatic rings. The van der Waals surface area contributed by atoms with Crippen molar-refractivity contribution in [2.45, 2.75) is 24.2 Å². The number of aromatic nitrogens is 2. The molecule has 2 heterocycles. The SMILES string of the molecule is O=C(Cc1ccc2c(c1)N(S(=O)(=O)c1ccc(F)cc1)CCC2)c1cnccn1. The number of Topliss-reactive ketones (excluding diaryl/α,β-unsaturated/α-hetero) is 1. The maximum atomic E-state index is 13.2. The van der Waals surface area contributed by atoms with Crippen molar-refractivity contribution < 1.29 is 17.6 Å². The number of anilines is 1. The molecule has 0 bridgehead atoms. The summed E-state index contributed by atoms with van der Waals surface area (Å²) in [5.74, 6) is -0.686. The molecule has 0 spiro atoms. The molecule has 0 saturated heterocycles. The van der Waals surface area contributed by atoms with E-state index in [1.165, 1.54) is 35.0 Å². The average Bonchev–Trinajstić information content (AvgIpc) is 2.74. The van der Waals surface area contributed by atoms with Gasteiger partial charge in [-0.25, -0.2) is 17.8 Å². The van der Waals surface area contributed by atoms with Crippen molar-refractivity contribution in [1.29, 1.82) is 0 Å². The quantitative estimate of drug-likeness (QED) is 0.603. The summed E-state index contributed by atoms with van der Waals surface area (Å²) >= 11 is 0. The maximum Gasteiger partial charge on any atom is 0.264 e. The minimum Gasteiger partial charge on any atom is -0.292 e. The van der Waals surface area contributed by atoms with E-state index in [1.54, 1.807) is 6.07 Å². The van der Waals surface area contributed by atoms with Crippen LogP contribution in [0.4, 0.5) is 10.1 Å². The van der Waals surface area contributed by atoms with Crippen LogP contribution in [-0.4, -0.2) is 30.7 Å². The van der Waals surface area contributed by atoms with Crippen molar-refractivity contribution in [3.8, 4) is 0 Å². The van der Waals surface area contributed by atoms with Gasteiger partial charge in [0, 0.05) is 25.4 Å². The third-order valence-electron chi connectivity index (χ3n) is 4.84. The van der Waals surface area contributed by atoms with Gasteiger partial charge in [-0.15, -0.1) is 0 Å². The van der Waals surface area contributed by atoms with Gasteiger partial charge < -0.3 is 0 Å². The summed E-state index contributed by atoms with van der Waals surface area (Å²) in [6.45, 7) is 0.328. The topological polar surface area (TPSA) is 80.2 Å². The summed E-state index contributed by atoms with van der Waals surface area (Å²) in [5, 5.41) is 0. The van der Waals surface area contributed by atoms with Crippen LogP contribution in [0, 0.1) is 5.82 Å². The van der Waals surface area contributed by atoms with Gasteiger partial charge in [0.1, 0.15) is 11.5 Å². The molecular formula is C21H18FN3O3S. The molecule has 0 radical (unpaired) electrons. The Labute approximate surface area is 168 Å². The average molecular weight is 411 g/mol. The third-order valence-corrected chi connectivity index (χ3v) is 6.67. The predicted molar refractivity (Wildman–Crippen MR) is 106 cm³/mol. The molecule has 2 aromatic carbocycles. The van der Waals surface area contributed by atoms with Crippen LogP contribution in [0.5, 0.6) is 0 Å². The van der Waals surface area contributed by atoms with Crippen molar-refractivity contribution in [2.24, 2.45) is 0 Å². The Hall–Kier alpha value is -3.13. The molecular weight excluding hydrogens is 393 g/mol. The number of hydrogen-bond donors (Lipinski definition) is 0. The first-order valence-corrected chi connectivity index (χ1v) is 10.6. The number of carbonyl (C=O) groups excluding carboxylic acids is 1. The number of aryl methyl sites for hydroxylation is 1. The fourth-order valence-electron chi connectivity index (χ4n) is 3.40. The molecule has 1 aromatic heterocycles. The number of nitrogens with zero attached hydrogens (tertiary/aromatic N) is 3. The van der Waals surface area contributed by atoms with Gasteiger partial charge in [-0.3, -0.25) is 14.1 Å². The van der Waals surface area contributed by atoms with E-state index in [-0.39, 0.29) is 22.8 Å². The van der Waals surface area contributed by atoms with Crippen LogP contribution in [-0.2, 0) is 22.9 Å². The molecule has 0 aliphatic carbocycles. The highest BCUT2D eigenvalue weighted by molar-refractivity contribution is 7.92. The second-order valence-electron chi connectivity index (χ2n) is 6.79. The fourth-order valence-corrected chi connectivity index (χ4v) is 4.93. The molecule has 8 heteroatoms. The van der Waals surface area contributed by atoms with Gasteiger partial charge in [-0.2, -0.15) is 0 Å². The molecule has 0 atom stereocenters. The molecule has 0 unspecified atom stereocenters. The molecule has 0 N–H and O–H groups in total. The highest BCUT2D eigenvalue weighted by atomic mass is 32.2. The summed E-state index contributed by atoms with van der Waals surface area (Å²) in [5.41, 5.74) is 2.42. The van der Waals surface area contributed by atoms with E-state index in [4.69, 9.17) is 0 Å². The monoisotopic (exact) mass is 411 g/mol. The number of rotatable bonds is 5. The summed E-state index contributed by atoms with van der Waals surface area (Å²) in [4.78, 5) is 20.4. The highest BCUT2D eigenvalue weighted by Crippen LogP contribution is 2.33. The van der Waals surface area contributed by atoms with E-state index in [0.29, 0.717) is 24.2 Å². The maximum absolute atomic E-state index is 13.2. The number of ketones is 1. The largest absolute Gasteiger partial charge is 0.292 e. The first kappa shape index (κ1) is 19.2. The smallest absolute Gasteiger partial charge is 0.264 e. The standard InChI is InChI=1S/C21H18FN3O3S/c22-17-5-7-18(8-6-17)29(27,28)25-11-1-2-16-4-3-15(12-20(16)25)13-21(26)19-14-23-9-10-24-19/h3-10,12,14H,1-2,11,13H2. The van der Waals surface area contributed by atoms with E-state index in [0.717, 1.165) is 24.1 Å². The Morgan fingerprint density at radius 3 is 2.62 bits per heavy atom. The number of fused-ring (bicyclic) bond motifs is 1. The summed E-state index contributed by atoms with van der Waals surface area (Å²) in [7, 11) is -3.83. The van der Waals surface area contributed by atoms with Gasteiger partial charge in [-0.1, -0.05) is 12.1 Å². The van der Waals surface area contributed by atoms with E-state index in [9.17, 15) is 17.6 Å².